The minimum absolute atomic E-state index is 0.0712. The SMILES string of the molecule is O=S(=O)(NCc1ccn[nH]1)c1cc(Br)cnc1Cl. The Balaban J connectivity index is 2.22. The second kappa shape index (κ2) is 5.35. The number of pyridine rings is 1. The normalized spacial score (nSPS) is 11.7. The van der Waals surface area contributed by atoms with Crippen molar-refractivity contribution in [2.24, 2.45) is 0 Å². The fourth-order valence-corrected chi connectivity index (χ4v) is 3.17. The van der Waals surface area contributed by atoms with Gasteiger partial charge in [-0.15, -0.1) is 0 Å². The molecule has 0 fully saturated rings. The zero-order valence-corrected chi connectivity index (χ0v) is 12.1. The first-order valence-corrected chi connectivity index (χ1v) is 7.43. The molecule has 96 valence electrons. The highest BCUT2D eigenvalue weighted by atomic mass is 79.9. The lowest BCUT2D eigenvalue weighted by Crippen LogP contribution is -2.24. The minimum atomic E-state index is -3.71. The first-order valence-electron chi connectivity index (χ1n) is 4.78. The highest BCUT2D eigenvalue weighted by molar-refractivity contribution is 9.10. The Morgan fingerprint density at radius 1 is 1.50 bits per heavy atom. The van der Waals surface area contributed by atoms with Gasteiger partial charge in [0.1, 0.15) is 10.0 Å². The van der Waals surface area contributed by atoms with E-state index in [9.17, 15) is 8.42 Å². The summed E-state index contributed by atoms with van der Waals surface area (Å²) < 4.78 is 27.0. The van der Waals surface area contributed by atoms with Crippen LogP contribution in [-0.2, 0) is 16.6 Å². The topological polar surface area (TPSA) is 87.7 Å². The van der Waals surface area contributed by atoms with E-state index in [2.05, 4.69) is 35.8 Å². The van der Waals surface area contributed by atoms with E-state index in [4.69, 9.17) is 11.6 Å². The third-order valence-corrected chi connectivity index (χ3v) is 4.34. The molecule has 0 atom stereocenters. The fraction of sp³-hybridized carbons (Fsp3) is 0.111. The molecule has 0 radical (unpaired) electrons. The van der Waals surface area contributed by atoms with Gasteiger partial charge in [0.2, 0.25) is 10.0 Å². The molecule has 0 amide bonds. The molecule has 18 heavy (non-hydrogen) atoms. The summed E-state index contributed by atoms with van der Waals surface area (Å²) in [6, 6.07) is 3.06. The molecule has 0 aliphatic carbocycles. The van der Waals surface area contributed by atoms with Crippen LogP contribution >= 0.6 is 27.5 Å². The number of nitrogens with zero attached hydrogens (tertiary/aromatic N) is 2. The van der Waals surface area contributed by atoms with E-state index in [0.29, 0.717) is 10.2 Å². The van der Waals surface area contributed by atoms with Crippen molar-refractivity contribution in [3.8, 4) is 0 Å². The second-order valence-electron chi connectivity index (χ2n) is 3.35. The van der Waals surface area contributed by atoms with E-state index < -0.39 is 10.0 Å². The van der Waals surface area contributed by atoms with Crippen LogP contribution in [0, 0.1) is 0 Å². The molecule has 0 aliphatic rings. The number of H-pyrrole nitrogens is 1. The van der Waals surface area contributed by atoms with E-state index >= 15 is 0 Å². The van der Waals surface area contributed by atoms with Crippen LogP contribution in [0.25, 0.3) is 0 Å². The molecular weight excluding hydrogens is 344 g/mol. The van der Waals surface area contributed by atoms with Crippen molar-refractivity contribution in [2.45, 2.75) is 11.4 Å². The quantitative estimate of drug-likeness (QED) is 0.821. The molecule has 2 aromatic rings. The first-order chi connectivity index (χ1) is 8.49. The van der Waals surface area contributed by atoms with Gasteiger partial charge in [-0.3, -0.25) is 5.10 Å². The van der Waals surface area contributed by atoms with Crippen molar-refractivity contribution in [3.05, 3.63) is 39.8 Å². The van der Waals surface area contributed by atoms with Gasteiger partial charge < -0.3 is 0 Å². The molecule has 0 spiro atoms. The lowest BCUT2D eigenvalue weighted by molar-refractivity contribution is 0.580. The molecule has 9 heteroatoms. The van der Waals surface area contributed by atoms with Crippen molar-refractivity contribution in [3.63, 3.8) is 0 Å². The Morgan fingerprint density at radius 3 is 2.94 bits per heavy atom. The molecule has 2 rings (SSSR count). The first kappa shape index (κ1) is 13.5. The number of aromatic amines is 1. The van der Waals surface area contributed by atoms with Crippen LogP contribution in [0.2, 0.25) is 5.15 Å². The number of sulfonamides is 1. The monoisotopic (exact) mass is 350 g/mol. The predicted molar refractivity (Wildman–Crippen MR) is 69.6 cm³/mol. The Kier molecular flexibility index (Phi) is 4.00. The Bertz CT molecular complexity index is 645. The standard InChI is InChI=1S/C9H8BrClN4O2S/c10-6-3-8(9(11)12-4-6)18(16,17)14-5-7-1-2-13-15-7/h1-4,14H,5H2,(H,13,15). The lowest BCUT2D eigenvalue weighted by Gasteiger charge is -2.07. The number of halogens is 2. The van der Waals surface area contributed by atoms with E-state index in [1.54, 1.807) is 6.07 Å². The summed E-state index contributed by atoms with van der Waals surface area (Å²) in [5.41, 5.74) is 0.651. The molecule has 0 aromatic carbocycles. The van der Waals surface area contributed by atoms with Crippen LogP contribution in [0.5, 0.6) is 0 Å². The van der Waals surface area contributed by atoms with Crippen molar-refractivity contribution in [2.75, 3.05) is 0 Å². The maximum absolute atomic E-state index is 12.0. The maximum Gasteiger partial charge on any atom is 0.244 e. The highest BCUT2D eigenvalue weighted by Crippen LogP contribution is 2.22. The number of hydrogen-bond donors (Lipinski definition) is 2. The summed E-state index contributed by atoms with van der Waals surface area (Å²) >= 11 is 8.92. The summed E-state index contributed by atoms with van der Waals surface area (Å²) in [5.74, 6) is 0. The molecule has 2 heterocycles. The zero-order valence-electron chi connectivity index (χ0n) is 8.89. The van der Waals surface area contributed by atoms with Gasteiger partial charge in [-0.1, -0.05) is 11.6 Å². The van der Waals surface area contributed by atoms with Crippen LogP contribution in [0.1, 0.15) is 5.69 Å². The van der Waals surface area contributed by atoms with Gasteiger partial charge >= 0.3 is 0 Å². The van der Waals surface area contributed by atoms with E-state index in [0.717, 1.165) is 0 Å². The lowest BCUT2D eigenvalue weighted by atomic mass is 10.4. The van der Waals surface area contributed by atoms with Gasteiger partial charge in [-0.05, 0) is 28.1 Å². The maximum atomic E-state index is 12.0. The average molecular weight is 352 g/mol. The van der Waals surface area contributed by atoms with Crippen molar-refractivity contribution in [1.82, 2.24) is 19.9 Å². The third-order valence-electron chi connectivity index (χ3n) is 2.07. The van der Waals surface area contributed by atoms with Crippen LogP contribution in [0.4, 0.5) is 0 Å². The van der Waals surface area contributed by atoms with Crippen molar-refractivity contribution < 1.29 is 8.42 Å². The summed E-state index contributed by atoms with van der Waals surface area (Å²) in [6.45, 7) is 0.102. The summed E-state index contributed by atoms with van der Waals surface area (Å²) in [6.07, 6.45) is 2.97. The van der Waals surface area contributed by atoms with Gasteiger partial charge in [-0.2, -0.15) is 5.10 Å². The van der Waals surface area contributed by atoms with Crippen molar-refractivity contribution >= 4 is 37.6 Å². The Labute approximate surface area is 117 Å². The minimum Gasteiger partial charge on any atom is -0.281 e. The van der Waals surface area contributed by atoms with Gasteiger partial charge in [-0.25, -0.2) is 18.1 Å². The number of aromatic nitrogens is 3. The Hall–Kier alpha value is -0.960. The summed E-state index contributed by atoms with van der Waals surface area (Å²) in [7, 11) is -3.71. The Morgan fingerprint density at radius 2 is 2.28 bits per heavy atom. The van der Waals surface area contributed by atoms with Crippen LogP contribution in [0.15, 0.2) is 33.9 Å². The highest BCUT2D eigenvalue weighted by Gasteiger charge is 2.19. The largest absolute Gasteiger partial charge is 0.281 e. The van der Waals surface area contributed by atoms with Crippen LogP contribution in [-0.4, -0.2) is 23.6 Å². The van der Waals surface area contributed by atoms with Crippen LogP contribution < -0.4 is 4.72 Å². The number of rotatable bonds is 4. The zero-order chi connectivity index (χ0) is 13.2. The van der Waals surface area contributed by atoms with Gasteiger partial charge in [0.05, 0.1) is 12.2 Å². The molecule has 2 N–H and O–H groups in total. The van der Waals surface area contributed by atoms with Gasteiger partial charge in [0, 0.05) is 16.9 Å². The molecule has 0 saturated heterocycles. The summed E-state index contributed by atoms with van der Waals surface area (Å²) in [4.78, 5) is 3.70. The molecule has 0 unspecified atom stereocenters. The summed E-state index contributed by atoms with van der Waals surface area (Å²) in [5, 5.41) is 6.30. The van der Waals surface area contributed by atoms with Gasteiger partial charge in [0.15, 0.2) is 0 Å². The van der Waals surface area contributed by atoms with E-state index in [1.807, 2.05) is 0 Å². The fourth-order valence-electron chi connectivity index (χ4n) is 1.23. The smallest absolute Gasteiger partial charge is 0.244 e. The predicted octanol–water partition coefficient (Wildman–Crippen LogP) is 1.70. The van der Waals surface area contributed by atoms with Crippen molar-refractivity contribution in [1.29, 1.82) is 0 Å². The second-order valence-corrected chi connectivity index (χ2v) is 6.36. The third kappa shape index (κ3) is 3.08. The average Bonchev–Trinajstić information content (AvgIpc) is 2.83. The van der Waals surface area contributed by atoms with E-state index in [-0.39, 0.29) is 16.6 Å². The van der Waals surface area contributed by atoms with Gasteiger partial charge in [0.25, 0.3) is 0 Å². The number of nitrogens with one attached hydrogen (secondary N) is 2. The molecule has 0 saturated carbocycles. The molecule has 0 bridgehead atoms. The molecule has 6 nitrogen and oxygen atoms in total. The molecule has 2 aromatic heterocycles. The number of hydrogen-bond acceptors (Lipinski definition) is 4. The molecule has 0 aliphatic heterocycles. The van der Waals surface area contributed by atoms with E-state index in [1.165, 1.54) is 18.5 Å². The molecular formula is C9H8BrClN4O2S. The van der Waals surface area contributed by atoms with Crippen LogP contribution in [0.3, 0.4) is 0 Å².